The van der Waals surface area contributed by atoms with Crippen LogP contribution in [0.3, 0.4) is 0 Å². The number of halogens is 1. The van der Waals surface area contributed by atoms with Crippen molar-refractivity contribution in [3.05, 3.63) is 40.6 Å². The molecule has 2 aliphatic rings. The predicted octanol–water partition coefficient (Wildman–Crippen LogP) is 1.89. The third-order valence-corrected chi connectivity index (χ3v) is 5.11. The van der Waals surface area contributed by atoms with Gasteiger partial charge in [0.2, 0.25) is 5.95 Å². The van der Waals surface area contributed by atoms with Gasteiger partial charge in [0, 0.05) is 43.4 Å². The van der Waals surface area contributed by atoms with Crippen LogP contribution in [0.15, 0.2) is 29.2 Å². The molecule has 2 fully saturated rings. The predicted molar refractivity (Wildman–Crippen MR) is 81.4 cm³/mol. The number of hydrogen-bond acceptors (Lipinski definition) is 5. The second-order valence-corrected chi connectivity index (χ2v) is 6.63. The number of carbonyl (C=O) groups is 1. The van der Waals surface area contributed by atoms with Crippen LogP contribution in [-0.2, 0) is 0 Å². The van der Waals surface area contributed by atoms with Crippen LogP contribution in [0.5, 0.6) is 0 Å². The first-order valence-corrected chi connectivity index (χ1v) is 8.19. The number of aromatic nitrogens is 2. The van der Waals surface area contributed by atoms with E-state index in [9.17, 15) is 9.18 Å². The second-order valence-electron chi connectivity index (χ2n) is 5.85. The minimum atomic E-state index is -0.421. The summed E-state index contributed by atoms with van der Waals surface area (Å²) in [6.07, 6.45) is 2.39. The van der Waals surface area contributed by atoms with E-state index >= 15 is 0 Å². The zero-order valence-corrected chi connectivity index (χ0v) is 12.7. The Bertz CT molecular complexity index is 661. The summed E-state index contributed by atoms with van der Waals surface area (Å²) in [4.78, 5) is 24.5. The van der Waals surface area contributed by atoms with Gasteiger partial charge in [-0.05, 0) is 11.4 Å². The Kier molecular flexibility index (Phi) is 3.29. The van der Waals surface area contributed by atoms with Crippen molar-refractivity contribution in [3.8, 4) is 0 Å². The fraction of sp³-hybridized carbons (Fsp3) is 0.400. The molecule has 22 heavy (non-hydrogen) atoms. The zero-order valence-electron chi connectivity index (χ0n) is 11.9. The maximum absolute atomic E-state index is 12.9. The van der Waals surface area contributed by atoms with E-state index in [1.807, 2.05) is 21.7 Å². The molecule has 0 aliphatic carbocycles. The van der Waals surface area contributed by atoms with Crippen molar-refractivity contribution in [1.29, 1.82) is 0 Å². The van der Waals surface area contributed by atoms with E-state index in [2.05, 4.69) is 14.9 Å². The third-order valence-electron chi connectivity index (χ3n) is 4.43. The van der Waals surface area contributed by atoms with Crippen LogP contribution >= 0.6 is 11.3 Å². The van der Waals surface area contributed by atoms with Crippen molar-refractivity contribution in [2.45, 2.75) is 0 Å². The van der Waals surface area contributed by atoms with E-state index in [0.29, 0.717) is 17.8 Å². The molecule has 2 saturated heterocycles. The molecule has 4 rings (SSSR count). The normalized spacial score (nSPS) is 23.9. The zero-order chi connectivity index (χ0) is 15.1. The fourth-order valence-electron chi connectivity index (χ4n) is 3.36. The van der Waals surface area contributed by atoms with E-state index in [-0.39, 0.29) is 5.91 Å². The standard InChI is InChI=1S/C15H15FN4OS/c16-13-3-17-15(18-4-13)20-7-11-5-19(6-12(11)8-20)14(21)10-1-2-22-9-10/h1-4,9,11-12H,5-8H2/t11-,12+. The highest BCUT2D eigenvalue weighted by Gasteiger charge is 2.42. The summed E-state index contributed by atoms with van der Waals surface area (Å²) in [5, 5.41) is 3.83. The van der Waals surface area contributed by atoms with Crippen molar-refractivity contribution < 1.29 is 9.18 Å². The Labute approximate surface area is 131 Å². The molecule has 0 aromatic carbocycles. The molecule has 0 N–H and O–H groups in total. The fourth-order valence-corrected chi connectivity index (χ4v) is 3.99. The molecule has 2 aromatic rings. The van der Waals surface area contributed by atoms with Crippen LogP contribution in [0.4, 0.5) is 10.3 Å². The number of rotatable bonds is 2. The van der Waals surface area contributed by atoms with E-state index < -0.39 is 5.82 Å². The lowest BCUT2D eigenvalue weighted by molar-refractivity contribution is 0.0783. The van der Waals surface area contributed by atoms with E-state index in [4.69, 9.17) is 0 Å². The van der Waals surface area contributed by atoms with Crippen LogP contribution in [0.25, 0.3) is 0 Å². The van der Waals surface area contributed by atoms with Crippen LogP contribution in [0, 0.1) is 17.7 Å². The van der Waals surface area contributed by atoms with Crippen molar-refractivity contribution in [3.63, 3.8) is 0 Å². The number of anilines is 1. The topological polar surface area (TPSA) is 49.3 Å². The summed E-state index contributed by atoms with van der Waals surface area (Å²) in [7, 11) is 0. The summed E-state index contributed by atoms with van der Waals surface area (Å²) in [5.74, 6) is 1.16. The summed E-state index contributed by atoms with van der Waals surface area (Å²) in [5.41, 5.74) is 0.781. The Morgan fingerprint density at radius 1 is 1.18 bits per heavy atom. The number of nitrogens with zero attached hydrogens (tertiary/aromatic N) is 4. The molecular weight excluding hydrogens is 303 g/mol. The maximum atomic E-state index is 12.9. The van der Waals surface area contributed by atoms with Gasteiger partial charge in [-0.3, -0.25) is 4.79 Å². The van der Waals surface area contributed by atoms with Gasteiger partial charge in [-0.1, -0.05) is 0 Å². The first-order chi connectivity index (χ1) is 10.7. The number of hydrogen-bond donors (Lipinski definition) is 0. The number of fused-ring (bicyclic) bond motifs is 1. The summed E-state index contributed by atoms with van der Waals surface area (Å²) >= 11 is 1.54. The average molecular weight is 318 g/mol. The van der Waals surface area contributed by atoms with Gasteiger partial charge in [0.1, 0.15) is 0 Å². The summed E-state index contributed by atoms with van der Waals surface area (Å²) in [6, 6.07) is 1.87. The minimum absolute atomic E-state index is 0.125. The van der Waals surface area contributed by atoms with Gasteiger partial charge in [0.25, 0.3) is 5.91 Å². The van der Waals surface area contributed by atoms with Crippen LogP contribution in [0.2, 0.25) is 0 Å². The highest BCUT2D eigenvalue weighted by atomic mass is 32.1. The van der Waals surface area contributed by atoms with Gasteiger partial charge in [-0.2, -0.15) is 11.3 Å². The minimum Gasteiger partial charge on any atom is -0.340 e. The SMILES string of the molecule is O=C(c1ccsc1)N1C[C@@H]2CN(c3ncc(F)cn3)C[C@@H]2C1. The smallest absolute Gasteiger partial charge is 0.254 e. The molecule has 0 radical (unpaired) electrons. The molecule has 0 bridgehead atoms. The van der Waals surface area contributed by atoms with Gasteiger partial charge in [-0.15, -0.1) is 0 Å². The third kappa shape index (κ3) is 2.35. The van der Waals surface area contributed by atoms with Crippen molar-refractivity contribution in [2.75, 3.05) is 31.1 Å². The van der Waals surface area contributed by atoms with Crippen LogP contribution in [0.1, 0.15) is 10.4 Å². The van der Waals surface area contributed by atoms with E-state index in [1.54, 1.807) is 11.3 Å². The van der Waals surface area contributed by atoms with Gasteiger partial charge in [0.05, 0.1) is 18.0 Å². The Hall–Kier alpha value is -2.02. The van der Waals surface area contributed by atoms with Crippen molar-refractivity contribution >= 4 is 23.2 Å². The Balaban J connectivity index is 1.42. The maximum Gasteiger partial charge on any atom is 0.254 e. The lowest BCUT2D eigenvalue weighted by atomic mass is 10.0. The molecule has 2 atom stereocenters. The highest BCUT2D eigenvalue weighted by Crippen LogP contribution is 2.33. The lowest BCUT2D eigenvalue weighted by Gasteiger charge is -2.21. The largest absolute Gasteiger partial charge is 0.340 e. The molecule has 1 amide bonds. The first-order valence-electron chi connectivity index (χ1n) is 7.24. The van der Waals surface area contributed by atoms with Crippen LogP contribution < -0.4 is 4.90 Å². The van der Waals surface area contributed by atoms with Gasteiger partial charge < -0.3 is 9.80 Å². The van der Waals surface area contributed by atoms with E-state index in [0.717, 1.165) is 31.7 Å². The molecule has 2 aromatic heterocycles. The summed E-state index contributed by atoms with van der Waals surface area (Å²) < 4.78 is 12.9. The molecule has 7 heteroatoms. The highest BCUT2D eigenvalue weighted by molar-refractivity contribution is 7.08. The van der Waals surface area contributed by atoms with E-state index in [1.165, 1.54) is 12.4 Å². The lowest BCUT2D eigenvalue weighted by Crippen LogP contribution is -2.33. The molecule has 2 aliphatic heterocycles. The number of likely N-dealkylation sites (tertiary alicyclic amines) is 1. The second kappa shape index (κ2) is 5.31. The number of carbonyl (C=O) groups excluding carboxylic acids is 1. The Morgan fingerprint density at radius 2 is 1.86 bits per heavy atom. The number of amides is 1. The van der Waals surface area contributed by atoms with Gasteiger partial charge in [-0.25, -0.2) is 14.4 Å². The van der Waals surface area contributed by atoms with Crippen molar-refractivity contribution in [1.82, 2.24) is 14.9 Å². The molecule has 0 saturated carbocycles. The van der Waals surface area contributed by atoms with Crippen LogP contribution in [-0.4, -0.2) is 47.0 Å². The summed E-state index contributed by atoms with van der Waals surface area (Å²) in [6.45, 7) is 3.20. The molecule has 0 unspecified atom stereocenters. The molecular formula is C15H15FN4OS. The molecule has 4 heterocycles. The van der Waals surface area contributed by atoms with Gasteiger partial charge in [0.15, 0.2) is 5.82 Å². The number of thiophene rings is 1. The molecule has 0 spiro atoms. The molecule has 5 nitrogen and oxygen atoms in total. The average Bonchev–Trinajstić information content (AvgIpc) is 3.23. The molecule has 114 valence electrons. The quantitative estimate of drug-likeness (QED) is 0.848. The van der Waals surface area contributed by atoms with Crippen molar-refractivity contribution in [2.24, 2.45) is 11.8 Å². The van der Waals surface area contributed by atoms with Gasteiger partial charge >= 0.3 is 0 Å². The Morgan fingerprint density at radius 3 is 2.45 bits per heavy atom. The first kappa shape index (κ1) is 13.6. The monoisotopic (exact) mass is 318 g/mol.